The lowest BCUT2D eigenvalue weighted by molar-refractivity contribution is 0.145. The molecular formula is C21H24BrN5O2. The lowest BCUT2D eigenvalue weighted by Crippen LogP contribution is -2.38. The van der Waals surface area contributed by atoms with Crippen molar-refractivity contribution >= 4 is 15.9 Å². The summed E-state index contributed by atoms with van der Waals surface area (Å²) in [6, 6.07) is 17.4. The largest absolute Gasteiger partial charge is 0.492 e. The van der Waals surface area contributed by atoms with E-state index in [1.807, 2.05) is 54.6 Å². The number of hydrogen-bond donors (Lipinski definition) is 0. The van der Waals surface area contributed by atoms with Crippen LogP contribution in [0, 0.1) is 5.92 Å². The number of para-hydroxylation sites is 1. The number of aromatic nitrogens is 4. The van der Waals surface area contributed by atoms with Gasteiger partial charge in [-0.15, -0.1) is 0 Å². The Morgan fingerprint density at radius 1 is 1.00 bits per heavy atom. The number of rotatable bonds is 7. The van der Waals surface area contributed by atoms with Crippen LogP contribution in [0.25, 0.3) is 5.69 Å². The topological polar surface area (TPSA) is 65.2 Å². The van der Waals surface area contributed by atoms with E-state index in [1.54, 1.807) is 0 Å². The molecule has 7 nitrogen and oxygen atoms in total. The van der Waals surface area contributed by atoms with Gasteiger partial charge in [-0.25, -0.2) is 4.79 Å². The highest BCUT2D eigenvalue weighted by Gasteiger charge is 2.21. The van der Waals surface area contributed by atoms with Gasteiger partial charge in [-0.3, -0.25) is 4.90 Å². The molecule has 0 N–H and O–H groups in total. The van der Waals surface area contributed by atoms with Crippen LogP contribution in [0.5, 0.6) is 5.75 Å². The zero-order chi connectivity index (χ0) is 20.1. The van der Waals surface area contributed by atoms with Gasteiger partial charge in [0.1, 0.15) is 12.4 Å². The minimum absolute atomic E-state index is 0.189. The van der Waals surface area contributed by atoms with Crippen LogP contribution in [0.1, 0.15) is 12.8 Å². The van der Waals surface area contributed by atoms with E-state index >= 15 is 0 Å². The summed E-state index contributed by atoms with van der Waals surface area (Å²) in [4.78, 5) is 15.0. The first-order chi connectivity index (χ1) is 14.2. The molecule has 0 amide bonds. The molecule has 1 aliphatic rings. The Balaban J connectivity index is 1.26. The number of ether oxygens (including phenoxy) is 1. The van der Waals surface area contributed by atoms with Crippen molar-refractivity contribution in [3.63, 3.8) is 0 Å². The first kappa shape index (κ1) is 19.8. The molecule has 2 heterocycles. The third-order valence-corrected chi connectivity index (χ3v) is 5.80. The molecule has 1 saturated heterocycles. The van der Waals surface area contributed by atoms with E-state index in [-0.39, 0.29) is 5.69 Å². The summed E-state index contributed by atoms with van der Waals surface area (Å²) in [5.41, 5.74) is 0.531. The summed E-state index contributed by atoms with van der Waals surface area (Å²) in [7, 11) is 0. The molecular weight excluding hydrogens is 434 g/mol. The van der Waals surface area contributed by atoms with E-state index in [2.05, 4.69) is 31.3 Å². The highest BCUT2D eigenvalue weighted by atomic mass is 79.9. The molecule has 0 radical (unpaired) electrons. The van der Waals surface area contributed by atoms with Crippen LogP contribution in [0.3, 0.4) is 0 Å². The van der Waals surface area contributed by atoms with E-state index in [4.69, 9.17) is 4.74 Å². The molecule has 152 valence electrons. The van der Waals surface area contributed by atoms with Gasteiger partial charge in [-0.1, -0.05) is 34.1 Å². The van der Waals surface area contributed by atoms with Crippen molar-refractivity contribution in [3.8, 4) is 11.4 Å². The fourth-order valence-corrected chi connectivity index (χ4v) is 3.84. The first-order valence-corrected chi connectivity index (χ1v) is 10.7. The molecule has 1 aromatic heterocycles. The molecule has 0 aliphatic carbocycles. The zero-order valence-corrected chi connectivity index (χ0v) is 17.7. The number of piperidine rings is 1. The quantitative estimate of drug-likeness (QED) is 0.545. The fourth-order valence-electron chi connectivity index (χ4n) is 3.58. The van der Waals surface area contributed by atoms with Crippen LogP contribution >= 0.6 is 15.9 Å². The number of benzene rings is 2. The molecule has 1 aliphatic heterocycles. The van der Waals surface area contributed by atoms with Crippen LogP contribution in [0.2, 0.25) is 0 Å². The zero-order valence-electron chi connectivity index (χ0n) is 16.2. The summed E-state index contributed by atoms with van der Waals surface area (Å²) in [5, 5.41) is 8.12. The molecule has 3 aromatic rings. The van der Waals surface area contributed by atoms with E-state index in [9.17, 15) is 4.79 Å². The lowest BCUT2D eigenvalue weighted by atomic mass is 9.97. The average molecular weight is 458 g/mol. The fraction of sp³-hybridized carbons (Fsp3) is 0.381. The van der Waals surface area contributed by atoms with E-state index in [1.165, 1.54) is 9.36 Å². The van der Waals surface area contributed by atoms with Gasteiger partial charge in [0, 0.05) is 11.0 Å². The van der Waals surface area contributed by atoms with Gasteiger partial charge in [-0.05, 0) is 78.7 Å². The van der Waals surface area contributed by atoms with Gasteiger partial charge < -0.3 is 4.74 Å². The number of halogens is 1. The third-order valence-electron chi connectivity index (χ3n) is 5.27. The van der Waals surface area contributed by atoms with Crippen LogP contribution in [0.15, 0.2) is 63.9 Å². The molecule has 4 rings (SSSR count). The molecule has 0 spiro atoms. The summed E-state index contributed by atoms with van der Waals surface area (Å²) < 4.78 is 9.59. The Kier molecular flexibility index (Phi) is 6.41. The molecule has 2 aromatic carbocycles. The van der Waals surface area contributed by atoms with Crippen molar-refractivity contribution in [3.05, 3.63) is 69.6 Å². The average Bonchev–Trinajstić information content (AvgIpc) is 3.11. The summed E-state index contributed by atoms with van der Waals surface area (Å²) in [6.07, 6.45) is 2.09. The minimum Gasteiger partial charge on any atom is -0.492 e. The van der Waals surface area contributed by atoms with Crippen LogP contribution in [-0.4, -0.2) is 50.9 Å². The van der Waals surface area contributed by atoms with Crippen molar-refractivity contribution in [2.75, 3.05) is 26.2 Å². The molecule has 29 heavy (non-hydrogen) atoms. The van der Waals surface area contributed by atoms with Gasteiger partial charge in [0.15, 0.2) is 0 Å². The van der Waals surface area contributed by atoms with Crippen LogP contribution < -0.4 is 10.4 Å². The Hall–Kier alpha value is -2.45. The highest BCUT2D eigenvalue weighted by molar-refractivity contribution is 9.10. The van der Waals surface area contributed by atoms with Gasteiger partial charge in [0.05, 0.1) is 12.2 Å². The standard InChI is InChI=1S/C21H24BrN5O2/c22-18-6-8-19(9-7-18)27-21(28)26(23-24-27)16-17-10-12-25(13-11-17)14-15-29-20-4-2-1-3-5-20/h1-9,17H,10-16H2. The number of nitrogens with zero attached hydrogens (tertiary/aromatic N) is 5. The SMILES string of the molecule is O=c1n(CC2CCN(CCOc3ccccc3)CC2)nnn1-c1ccc(Br)cc1. The molecule has 0 unspecified atom stereocenters. The second-order valence-electron chi connectivity index (χ2n) is 7.28. The highest BCUT2D eigenvalue weighted by Crippen LogP contribution is 2.18. The van der Waals surface area contributed by atoms with Crippen LogP contribution in [-0.2, 0) is 6.54 Å². The Labute approximate surface area is 178 Å². The maximum absolute atomic E-state index is 12.6. The molecule has 0 bridgehead atoms. The van der Waals surface area contributed by atoms with E-state index < -0.39 is 0 Å². The number of hydrogen-bond acceptors (Lipinski definition) is 5. The maximum Gasteiger partial charge on any atom is 0.368 e. The van der Waals surface area contributed by atoms with E-state index in [0.29, 0.717) is 19.1 Å². The number of likely N-dealkylation sites (tertiary alicyclic amines) is 1. The normalized spacial score (nSPS) is 15.5. The van der Waals surface area contributed by atoms with Crippen molar-refractivity contribution in [2.45, 2.75) is 19.4 Å². The van der Waals surface area contributed by atoms with Gasteiger partial charge in [0.25, 0.3) is 0 Å². The second-order valence-corrected chi connectivity index (χ2v) is 8.19. The predicted molar refractivity (Wildman–Crippen MR) is 114 cm³/mol. The lowest BCUT2D eigenvalue weighted by Gasteiger charge is -2.31. The second kappa shape index (κ2) is 9.37. The van der Waals surface area contributed by atoms with Crippen molar-refractivity contribution < 1.29 is 4.74 Å². The summed E-state index contributed by atoms with van der Waals surface area (Å²) in [5.74, 6) is 1.35. The van der Waals surface area contributed by atoms with Gasteiger partial charge in [-0.2, -0.15) is 9.36 Å². The molecule has 8 heteroatoms. The molecule has 1 fully saturated rings. The Bertz CT molecular complexity index is 963. The monoisotopic (exact) mass is 457 g/mol. The molecule has 0 saturated carbocycles. The summed E-state index contributed by atoms with van der Waals surface area (Å²) >= 11 is 3.40. The Morgan fingerprint density at radius 3 is 2.45 bits per heavy atom. The number of tetrazole rings is 1. The smallest absolute Gasteiger partial charge is 0.368 e. The van der Waals surface area contributed by atoms with Gasteiger partial charge >= 0.3 is 5.69 Å². The molecule has 0 atom stereocenters. The predicted octanol–water partition coefficient (Wildman–Crippen LogP) is 2.98. The van der Waals surface area contributed by atoms with Gasteiger partial charge in [0.2, 0.25) is 0 Å². The Morgan fingerprint density at radius 2 is 1.72 bits per heavy atom. The van der Waals surface area contributed by atoms with Crippen molar-refractivity contribution in [1.82, 2.24) is 24.7 Å². The summed E-state index contributed by atoms with van der Waals surface area (Å²) in [6.45, 7) is 4.25. The minimum atomic E-state index is -0.189. The third kappa shape index (κ3) is 5.13. The van der Waals surface area contributed by atoms with Crippen molar-refractivity contribution in [2.24, 2.45) is 5.92 Å². The maximum atomic E-state index is 12.6. The van der Waals surface area contributed by atoms with E-state index in [0.717, 1.165) is 48.4 Å². The van der Waals surface area contributed by atoms with Crippen LogP contribution in [0.4, 0.5) is 0 Å². The van der Waals surface area contributed by atoms with Crippen molar-refractivity contribution in [1.29, 1.82) is 0 Å². The first-order valence-electron chi connectivity index (χ1n) is 9.88.